The van der Waals surface area contributed by atoms with Gasteiger partial charge in [-0.25, -0.2) is 0 Å². The number of hydrogen-bond acceptors (Lipinski definition) is 3. The van der Waals surface area contributed by atoms with Crippen LogP contribution in [0.4, 0.5) is 0 Å². The average molecular weight is 385 g/mol. The van der Waals surface area contributed by atoms with Crippen LogP contribution in [0.25, 0.3) is 0 Å². The van der Waals surface area contributed by atoms with E-state index in [-0.39, 0.29) is 5.41 Å². The Kier molecular flexibility index (Phi) is 7.36. The van der Waals surface area contributed by atoms with Crippen molar-refractivity contribution >= 4 is 18.9 Å². The van der Waals surface area contributed by atoms with Crippen LogP contribution in [0.5, 0.6) is 0 Å². The first-order valence-electron chi connectivity index (χ1n) is 10.8. The molecular formula is C25H36O3. The number of carbonyl (C=O) groups is 3. The lowest BCUT2D eigenvalue weighted by atomic mass is 9.55. The molecule has 0 amide bonds. The average Bonchev–Trinajstić information content (AvgIpc) is 3.00. The van der Waals surface area contributed by atoms with Crippen molar-refractivity contribution in [1.29, 1.82) is 0 Å². The van der Waals surface area contributed by atoms with Crippen molar-refractivity contribution in [2.24, 2.45) is 16.7 Å². The normalized spacial score (nSPS) is 33.0. The monoisotopic (exact) mass is 384 g/mol. The molecule has 0 aromatic carbocycles. The number of hydrogen-bond donors (Lipinski definition) is 0. The molecule has 28 heavy (non-hydrogen) atoms. The van der Waals surface area contributed by atoms with Gasteiger partial charge in [0.1, 0.15) is 13.1 Å². The molecule has 0 N–H and O–H groups in total. The smallest absolute Gasteiger partial charge is 0.155 e. The molecule has 0 saturated heterocycles. The Bertz CT molecular complexity index is 711. The Morgan fingerprint density at radius 3 is 2.46 bits per heavy atom. The number of allylic oxidation sites excluding steroid dienone is 6. The molecule has 0 spiro atoms. The van der Waals surface area contributed by atoms with Gasteiger partial charge in [0.25, 0.3) is 0 Å². The number of unbranched alkanes of at least 4 members (excludes halogenated alkanes) is 1. The summed E-state index contributed by atoms with van der Waals surface area (Å²) in [6.45, 7) is 11.3. The summed E-state index contributed by atoms with van der Waals surface area (Å²) in [4.78, 5) is 29.2. The maximum absolute atomic E-state index is 11.8. The van der Waals surface area contributed by atoms with Crippen LogP contribution in [0.1, 0.15) is 85.5 Å². The van der Waals surface area contributed by atoms with Crippen LogP contribution in [-0.2, 0) is 14.4 Å². The number of rotatable bonds is 2. The van der Waals surface area contributed by atoms with E-state index in [1.165, 1.54) is 24.8 Å². The quantitative estimate of drug-likeness (QED) is 0.554. The number of fused-ring (bicyclic) bond motifs is 4. The highest BCUT2D eigenvalue weighted by molar-refractivity contribution is 5.92. The summed E-state index contributed by atoms with van der Waals surface area (Å²) < 4.78 is 0. The van der Waals surface area contributed by atoms with Gasteiger partial charge in [0.2, 0.25) is 0 Å². The van der Waals surface area contributed by atoms with E-state index in [0.29, 0.717) is 17.6 Å². The number of ketones is 1. The molecular weight excluding hydrogens is 348 g/mol. The Labute approximate surface area is 170 Å². The third-order valence-electron chi connectivity index (χ3n) is 7.59. The zero-order valence-electron chi connectivity index (χ0n) is 18.1. The maximum Gasteiger partial charge on any atom is 0.155 e. The summed E-state index contributed by atoms with van der Waals surface area (Å²) >= 11 is 0. The summed E-state index contributed by atoms with van der Waals surface area (Å²) in [5.74, 6) is 1.14. The Balaban J connectivity index is 0.000000352. The molecule has 0 bridgehead atoms. The SMILES string of the molecule is C=O.CC1CC=C2C3=C(CCC21C)C1(C)CCC(=O)C=C1CC3.CCCC=O. The largest absolute Gasteiger partial charge is 0.307 e. The molecule has 3 nitrogen and oxygen atoms in total. The van der Waals surface area contributed by atoms with Crippen LogP contribution in [0.2, 0.25) is 0 Å². The van der Waals surface area contributed by atoms with Gasteiger partial charge < -0.3 is 9.59 Å². The van der Waals surface area contributed by atoms with Gasteiger partial charge in [-0.3, -0.25) is 4.79 Å². The van der Waals surface area contributed by atoms with Crippen LogP contribution in [-0.4, -0.2) is 18.9 Å². The van der Waals surface area contributed by atoms with Crippen molar-refractivity contribution < 1.29 is 14.4 Å². The third kappa shape index (κ3) is 3.86. The highest BCUT2D eigenvalue weighted by atomic mass is 16.1. The molecule has 4 rings (SSSR count). The molecule has 0 aliphatic heterocycles. The van der Waals surface area contributed by atoms with E-state index in [1.807, 2.05) is 19.8 Å². The zero-order chi connectivity index (χ0) is 20.9. The van der Waals surface area contributed by atoms with E-state index in [2.05, 4.69) is 26.8 Å². The van der Waals surface area contributed by atoms with Gasteiger partial charge in [0.15, 0.2) is 5.78 Å². The molecule has 0 radical (unpaired) electrons. The minimum Gasteiger partial charge on any atom is -0.307 e. The lowest BCUT2D eigenvalue weighted by molar-refractivity contribution is -0.115. The van der Waals surface area contributed by atoms with Crippen molar-refractivity contribution in [3.63, 3.8) is 0 Å². The lowest BCUT2D eigenvalue weighted by Gasteiger charge is -2.49. The molecule has 3 atom stereocenters. The second-order valence-electron chi connectivity index (χ2n) is 9.05. The topological polar surface area (TPSA) is 51.2 Å². The van der Waals surface area contributed by atoms with Crippen molar-refractivity contribution in [2.45, 2.75) is 85.5 Å². The fraction of sp³-hybridized carbons (Fsp3) is 0.640. The fourth-order valence-corrected chi connectivity index (χ4v) is 5.52. The van der Waals surface area contributed by atoms with Crippen LogP contribution in [0.15, 0.2) is 34.4 Å². The third-order valence-corrected chi connectivity index (χ3v) is 7.59. The summed E-state index contributed by atoms with van der Waals surface area (Å²) in [6, 6.07) is 0. The van der Waals surface area contributed by atoms with Gasteiger partial charge in [0.05, 0.1) is 0 Å². The van der Waals surface area contributed by atoms with E-state index < -0.39 is 0 Å². The van der Waals surface area contributed by atoms with Gasteiger partial charge in [-0.1, -0.05) is 44.9 Å². The molecule has 4 aliphatic carbocycles. The minimum atomic E-state index is 0.190. The first kappa shape index (κ1) is 22.5. The standard InChI is InChI=1S/C20H26O.C4H8O.CH2O/c1-13-4-7-17-16-6-5-14-12-15(21)8-10-20(14,3)18(16)9-11-19(13,17)2;1-2-3-4-5;1-2/h7,12-13H,4-6,8-11H2,1-3H3;4H,2-3H2,1H3;1H2. The predicted octanol–water partition coefficient (Wildman–Crippen LogP) is 5.94. The van der Waals surface area contributed by atoms with Crippen LogP contribution >= 0.6 is 0 Å². The predicted molar refractivity (Wildman–Crippen MR) is 114 cm³/mol. The Morgan fingerprint density at radius 2 is 1.86 bits per heavy atom. The maximum atomic E-state index is 11.8. The van der Waals surface area contributed by atoms with Gasteiger partial charge in [-0.15, -0.1) is 0 Å². The molecule has 0 saturated carbocycles. The van der Waals surface area contributed by atoms with Gasteiger partial charge in [0, 0.05) is 18.3 Å². The fourth-order valence-electron chi connectivity index (χ4n) is 5.52. The van der Waals surface area contributed by atoms with E-state index in [0.717, 1.165) is 44.3 Å². The van der Waals surface area contributed by atoms with Crippen molar-refractivity contribution in [1.82, 2.24) is 0 Å². The first-order chi connectivity index (χ1) is 13.4. The minimum absolute atomic E-state index is 0.190. The Hall–Kier alpha value is -1.77. The second kappa shape index (κ2) is 9.15. The molecule has 0 aromatic heterocycles. The lowest BCUT2D eigenvalue weighted by Crippen LogP contribution is -2.37. The van der Waals surface area contributed by atoms with Crippen molar-refractivity contribution in [3.8, 4) is 0 Å². The molecule has 0 fully saturated rings. The van der Waals surface area contributed by atoms with Gasteiger partial charge >= 0.3 is 0 Å². The highest BCUT2D eigenvalue weighted by Crippen LogP contribution is 2.61. The Morgan fingerprint density at radius 1 is 1.14 bits per heavy atom. The molecule has 0 aromatic rings. The van der Waals surface area contributed by atoms with Crippen LogP contribution in [0.3, 0.4) is 0 Å². The summed E-state index contributed by atoms with van der Waals surface area (Å²) in [5.41, 5.74) is 7.07. The molecule has 4 aliphatic rings. The summed E-state index contributed by atoms with van der Waals surface area (Å²) in [6.07, 6.45) is 15.0. The van der Waals surface area contributed by atoms with E-state index in [1.54, 1.807) is 16.7 Å². The molecule has 0 heterocycles. The highest BCUT2D eigenvalue weighted by Gasteiger charge is 2.49. The first-order valence-corrected chi connectivity index (χ1v) is 10.8. The number of aldehydes is 1. The zero-order valence-corrected chi connectivity index (χ0v) is 18.1. The van der Waals surface area contributed by atoms with Crippen molar-refractivity contribution in [2.75, 3.05) is 0 Å². The molecule has 3 heteroatoms. The van der Waals surface area contributed by atoms with E-state index in [4.69, 9.17) is 4.79 Å². The van der Waals surface area contributed by atoms with E-state index >= 15 is 0 Å². The van der Waals surface area contributed by atoms with Gasteiger partial charge in [-0.2, -0.15) is 0 Å². The summed E-state index contributed by atoms with van der Waals surface area (Å²) in [5, 5.41) is 0. The van der Waals surface area contributed by atoms with E-state index in [9.17, 15) is 9.59 Å². The van der Waals surface area contributed by atoms with Crippen LogP contribution in [0, 0.1) is 16.7 Å². The molecule has 3 unspecified atom stereocenters. The second-order valence-corrected chi connectivity index (χ2v) is 9.05. The number of carbonyl (C=O) groups excluding carboxylic acids is 3. The van der Waals surface area contributed by atoms with Gasteiger partial charge in [-0.05, 0) is 73.5 Å². The molecule has 154 valence electrons. The van der Waals surface area contributed by atoms with Crippen LogP contribution < -0.4 is 0 Å². The van der Waals surface area contributed by atoms with Crippen molar-refractivity contribution in [3.05, 3.63) is 34.4 Å². The summed E-state index contributed by atoms with van der Waals surface area (Å²) in [7, 11) is 0.